The highest BCUT2D eigenvalue weighted by Crippen LogP contribution is 2.20. The first-order chi connectivity index (χ1) is 25.3. The number of unbranched alkanes of at least 4 members (excludes halogenated alkanes) is 32. The Labute approximate surface area is 330 Å². The summed E-state index contributed by atoms with van der Waals surface area (Å²) in [5.41, 5.74) is 0. The molecule has 0 heterocycles. The van der Waals surface area contributed by atoms with Crippen LogP contribution in [0.4, 0.5) is 0 Å². The third-order valence-corrected chi connectivity index (χ3v) is 13.6. The smallest absolute Gasteiger partial charge is 0.0975 e. The largest absolute Gasteiger partial charge is 0.748 e. The van der Waals surface area contributed by atoms with Crippen LogP contribution in [0.3, 0.4) is 0 Å². The summed E-state index contributed by atoms with van der Waals surface area (Å²) in [5, 5.41) is -0.653. The van der Waals surface area contributed by atoms with Crippen molar-refractivity contribution in [2.24, 2.45) is 0 Å². The zero-order chi connectivity index (χ0) is 38.9. The summed E-state index contributed by atoms with van der Waals surface area (Å²) in [4.78, 5) is 0. The Morgan fingerprint density at radius 1 is 0.327 bits per heavy atom. The molecule has 0 aromatic rings. The van der Waals surface area contributed by atoms with Gasteiger partial charge in [-0.05, 0) is 40.5 Å². The van der Waals surface area contributed by atoms with E-state index in [0.29, 0.717) is 12.8 Å². The van der Waals surface area contributed by atoms with Gasteiger partial charge in [0.2, 0.25) is 0 Å². The van der Waals surface area contributed by atoms with E-state index in [1.54, 1.807) is 0 Å². The van der Waals surface area contributed by atoms with Crippen molar-refractivity contribution in [3.63, 3.8) is 0 Å². The van der Waals surface area contributed by atoms with Crippen LogP contribution in [-0.4, -0.2) is 48.9 Å². The van der Waals surface area contributed by atoms with Gasteiger partial charge >= 0.3 is 0 Å². The molecular formula is C47H99NO3S. The molecule has 52 heavy (non-hydrogen) atoms. The quantitative estimate of drug-likeness (QED) is 0.0354. The maximum Gasteiger partial charge on any atom is 0.0975 e. The first-order valence-corrected chi connectivity index (χ1v) is 25.5. The molecule has 0 rings (SSSR count). The second kappa shape index (κ2) is 42.0. The van der Waals surface area contributed by atoms with Gasteiger partial charge < -0.3 is 9.04 Å². The fourth-order valence-electron chi connectivity index (χ4n) is 7.97. The first-order valence-electron chi connectivity index (χ1n) is 24.1. The molecule has 1 unspecified atom stereocenters. The van der Waals surface area contributed by atoms with Crippen molar-refractivity contribution in [2.45, 2.75) is 278 Å². The predicted octanol–water partition coefficient (Wildman–Crippen LogP) is 15.9. The zero-order valence-electron chi connectivity index (χ0n) is 36.9. The standard InChI is InChI=1S/C39H80O3S.C8H20N/c1-3-5-7-9-11-13-15-17-19-21-22-24-26-28-30-32-34-36-38-39(43(40,41)42)37-35-33-31-29-27-25-23-20-18-16-14-12-10-8-6-4-2;1-5-9(6-2,7-3)8-4/h39H,3-38H2,1-2H3,(H,40,41,42);5-8H2,1-4H3/q;+1/p-1. The minimum absolute atomic E-state index is 0.573. The Hall–Kier alpha value is -0.130. The third-order valence-electron chi connectivity index (χ3n) is 12.4. The number of hydrogen-bond donors (Lipinski definition) is 0. The number of hydrogen-bond acceptors (Lipinski definition) is 3. The SMILES string of the molecule is CCCCCCCCCCCCCCCCCCCCC(CCCCCCCCCCCCCCCCCC)S(=O)(=O)[O-].CC[N+](CC)(CC)CC. The molecule has 1 atom stereocenters. The van der Waals surface area contributed by atoms with Gasteiger partial charge in [0.05, 0.1) is 36.3 Å². The van der Waals surface area contributed by atoms with Crippen molar-refractivity contribution < 1.29 is 17.5 Å². The van der Waals surface area contributed by atoms with Crippen molar-refractivity contribution in [2.75, 3.05) is 26.2 Å². The van der Waals surface area contributed by atoms with E-state index in [-0.39, 0.29) is 0 Å². The molecule has 0 aromatic carbocycles. The maximum atomic E-state index is 11.8. The molecule has 316 valence electrons. The number of rotatable bonds is 41. The maximum absolute atomic E-state index is 11.8. The van der Waals surface area contributed by atoms with Crippen LogP contribution in [0, 0.1) is 0 Å². The molecule has 0 N–H and O–H groups in total. The van der Waals surface area contributed by atoms with Crippen LogP contribution in [0.2, 0.25) is 0 Å². The van der Waals surface area contributed by atoms with Crippen LogP contribution >= 0.6 is 0 Å². The molecular weight excluding hydrogens is 659 g/mol. The lowest BCUT2D eigenvalue weighted by Gasteiger charge is -2.34. The van der Waals surface area contributed by atoms with Crippen molar-refractivity contribution in [3.8, 4) is 0 Å². The van der Waals surface area contributed by atoms with Crippen LogP contribution < -0.4 is 0 Å². The van der Waals surface area contributed by atoms with Crippen LogP contribution in [0.5, 0.6) is 0 Å². The summed E-state index contributed by atoms with van der Waals surface area (Å²) in [6.07, 6.45) is 46.2. The molecule has 0 saturated heterocycles. The molecule has 0 aliphatic heterocycles. The van der Waals surface area contributed by atoms with E-state index in [0.717, 1.165) is 25.7 Å². The third kappa shape index (κ3) is 38.2. The minimum Gasteiger partial charge on any atom is -0.748 e. The van der Waals surface area contributed by atoms with Gasteiger partial charge in [-0.2, -0.15) is 0 Å². The molecule has 0 aliphatic carbocycles. The molecule has 0 saturated carbocycles. The number of nitrogens with zero attached hydrogens (tertiary/aromatic N) is 1. The van der Waals surface area contributed by atoms with Crippen LogP contribution in [0.1, 0.15) is 273 Å². The van der Waals surface area contributed by atoms with Crippen LogP contribution in [0.15, 0.2) is 0 Å². The van der Waals surface area contributed by atoms with Gasteiger partial charge in [0.25, 0.3) is 0 Å². The van der Waals surface area contributed by atoms with Crippen LogP contribution in [0.25, 0.3) is 0 Å². The lowest BCUT2D eigenvalue weighted by molar-refractivity contribution is -0.921. The molecule has 0 radical (unpaired) electrons. The van der Waals surface area contributed by atoms with E-state index in [9.17, 15) is 13.0 Å². The Bertz CT molecular complexity index is 749. The summed E-state index contributed by atoms with van der Waals surface area (Å²) in [7, 11) is -4.16. The topological polar surface area (TPSA) is 57.2 Å². The zero-order valence-corrected chi connectivity index (χ0v) is 37.8. The second-order valence-corrected chi connectivity index (χ2v) is 18.3. The van der Waals surface area contributed by atoms with E-state index in [1.807, 2.05) is 0 Å². The van der Waals surface area contributed by atoms with Crippen molar-refractivity contribution in [1.29, 1.82) is 0 Å². The van der Waals surface area contributed by atoms with Gasteiger partial charge in [-0.25, -0.2) is 8.42 Å². The lowest BCUT2D eigenvalue weighted by atomic mass is 10.0. The van der Waals surface area contributed by atoms with E-state index >= 15 is 0 Å². The lowest BCUT2D eigenvalue weighted by Crippen LogP contribution is -2.47. The molecule has 0 aliphatic rings. The normalized spacial score (nSPS) is 12.6. The highest BCUT2D eigenvalue weighted by molar-refractivity contribution is 7.86. The Balaban J connectivity index is 0. The predicted molar refractivity (Wildman–Crippen MR) is 233 cm³/mol. The van der Waals surface area contributed by atoms with Crippen molar-refractivity contribution in [3.05, 3.63) is 0 Å². The average Bonchev–Trinajstić information content (AvgIpc) is 3.14. The highest BCUT2D eigenvalue weighted by Gasteiger charge is 2.16. The molecule has 0 amide bonds. The number of quaternary nitrogens is 1. The van der Waals surface area contributed by atoms with Crippen molar-refractivity contribution in [1.82, 2.24) is 0 Å². The van der Waals surface area contributed by atoms with Gasteiger partial charge in [-0.15, -0.1) is 0 Å². The van der Waals surface area contributed by atoms with Gasteiger partial charge in [-0.1, -0.05) is 232 Å². The van der Waals surface area contributed by atoms with E-state index in [1.165, 1.54) is 223 Å². The molecule has 4 nitrogen and oxygen atoms in total. The fraction of sp³-hybridized carbons (Fsp3) is 1.00. The highest BCUT2D eigenvalue weighted by atomic mass is 32.2. The van der Waals surface area contributed by atoms with Gasteiger partial charge in [0.15, 0.2) is 0 Å². The Kier molecular flexibility index (Phi) is 43.6. The fourth-order valence-corrected chi connectivity index (χ4v) is 8.88. The molecule has 0 aromatic heterocycles. The van der Waals surface area contributed by atoms with E-state index in [4.69, 9.17) is 0 Å². The summed E-state index contributed by atoms with van der Waals surface area (Å²) >= 11 is 0. The van der Waals surface area contributed by atoms with E-state index in [2.05, 4.69) is 41.5 Å². The van der Waals surface area contributed by atoms with E-state index < -0.39 is 15.4 Å². The summed E-state index contributed by atoms with van der Waals surface area (Å²) in [6, 6.07) is 0. The second-order valence-electron chi connectivity index (χ2n) is 16.6. The van der Waals surface area contributed by atoms with Crippen molar-refractivity contribution >= 4 is 10.1 Å². The summed E-state index contributed by atoms with van der Waals surface area (Å²) in [5.74, 6) is 0. The minimum atomic E-state index is -4.16. The summed E-state index contributed by atoms with van der Waals surface area (Å²) < 4.78 is 36.6. The van der Waals surface area contributed by atoms with Gasteiger partial charge in [0, 0.05) is 5.25 Å². The van der Waals surface area contributed by atoms with Gasteiger partial charge in [0.1, 0.15) is 0 Å². The monoisotopic (exact) mass is 758 g/mol. The molecule has 0 spiro atoms. The Morgan fingerprint density at radius 2 is 0.500 bits per heavy atom. The summed E-state index contributed by atoms with van der Waals surface area (Å²) in [6.45, 7) is 18.8. The van der Waals surface area contributed by atoms with Gasteiger partial charge in [-0.3, -0.25) is 0 Å². The first kappa shape index (κ1) is 54.0. The molecule has 0 bridgehead atoms. The average molecular weight is 758 g/mol. The molecule has 5 heteroatoms. The Morgan fingerprint density at radius 3 is 0.635 bits per heavy atom. The van der Waals surface area contributed by atoms with Crippen LogP contribution in [-0.2, 0) is 10.1 Å². The molecule has 0 fully saturated rings.